The number of anilines is 5. The van der Waals surface area contributed by atoms with Crippen LogP contribution in [0.1, 0.15) is 15.2 Å². The van der Waals surface area contributed by atoms with Crippen molar-refractivity contribution in [3.63, 3.8) is 0 Å². The Labute approximate surface area is 189 Å². The Balaban J connectivity index is 1.47. The molecule has 1 aromatic heterocycles. The van der Waals surface area contributed by atoms with Gasteiger partial charge in [-0.15, -0.1) is 0 Å². The van der Waals surface area contributed by atoms with Crippen molar-refractivity contribution in [1.29, 1.82) is 0 Å². The molecule has 1 aliphatic heterocycles. The number of nitrogens with two attached hydrogens (primary N) is 1. The van der Waals surface area contributed by atoms with Crippen LogP contribution in [0.5, 0.6) is 0 Å². The molecule has 1 fully saturated rings. The minimum absolute atomic E-state index is 0.153. The summed E-state index contributed by atoms with van der Waals surface area (Å²) in [5, 5.41) is 13.2. The van der Waals surface area contributed by atoms with Gasteiger partial charge in [0.05, 0.1) is 10.7 Å². The molecule has 162 valence electrons. The smallest absolute Gasteiger partial charge is 0.206 e. The summed E-state index contributed by atoms with van der Waals surface area (Å²) in [6.07, 6.45) is 0. The lowest BCUT2D eigenvalue weighted by atomic mass is 10.1. The Morgan fingerprint density at radius 3 is 2.55 bits per heavy atom. The van der Waals surface area contributed by atoms with Crippen LogP contribution in [0.25, 0.3) is 0 Å². The summed E-state index contributed by atoms with van der Waals surface area (Å²) >= 11 is 7.14. The Morgan fingerprint density at radius 2 is 1.87 bits per heavy atom. The molecule has 0 unspecified atom stereocenters. The molecule has 0 amide bonds. The molecule has 0 radical (unpaired) electrons. The van der Waals surface area contributed by atoms with Crippen molar-refractivity contribution in [1.82, 2.24) is 9.88 Å². The molecule has 4 rings (SSSR count). The summed E-state index contributed by atoms with van der Waals surface area (Å²) in [6.45, 7) is 4.13. The number of carbonyl (C=O) groups is 1. The molecule has 0 saturated carbocycles. The van der Waals surface area contributed by atoms with E-state index in [4.69, 9.17) is 22.5 Å². The number of piperazine rings is 1. The average molecular weight is 459 g/mol. The van der Waals surface area contributed by atoms with Crippen molar-refractivity contribution in [2.45, 2.75) is 0 Å². The van der Waals surface area contributed by atoms with Crippen LogP contribution >= 0.6 is 22.9 Å². The molecular weight excluding hydrogens is 436 g/mol. The van der Waals surface area contributed by atoms with E-state index in [2.05, 4.69) is 39.3 Å². The van der Waals surface area contributed by atoms with Gasteiger partial charge in [0, 0.05) is 43.1 Å². The highest BCUT2D eigenvalue weighted by atomic mass is 35.5. The topological polar surface area (TPSA) is 107 Å². The molecule has 8 nitrogen and oxygen atoms in total. The van der Waals surface area contributed by atoms with E-state index >= 15 is 0 Å². The summed E-state index contributed by atoms with van der Waals surface area (Å²) in [4.78, 5) is 22.2. The largest absolute Gasteiger partial charge is 0.382 e. The van der Waals surface area contributed by atoms with Gasteiger partial charge in [0.25, 0.3) is 0 Å². The van der Waals surface area contributed by atoms with Gasteiger partial charge in [-0.05, 0) is 49.5 Å². The third kappa shape index (κ3) is 4.75. The molecule has 5 N–H and O–H groups in total. The van der Waals surface area contributed by atoms with E-state index in [1.54, 1.807) is 6.07 Å². The number of nitrogens with one attached hydrogen (secondary N) is 2. The highest BCUT2D eigenvalue weighted by molar-refractivity contribution is 7.18. The molecule has 2 aromatic carbocycles. The first-order chi connectivity index (χ1) is 14.9. The zero-order valence-corrected chi connectivity index (χ0v) is 18.5. The summed E-state index contributed by atoms with van der Waals surface area (Å²) in [5.41, 5.74) is 10.6. The van der Waals surface area contributed by atoms with Crippen LogP contribution in [0.15, 0.2) is 42.5 Å². The lowest BCUT2D eigenvalue weighted by Gasteiger charge is -2.34. The number of ketones is 1. The lowest BCUT2D eigenvalue weighted by molar-refractivity contribution is 0.104. The minimum Gasteiger partial charge on any atom is -0.382 e. The van der Waals surface area contributed by atoms with Crippen molar-refractivity contribution >= 4 is 56.7 Å². The first kappa shape index (κ1) is 21.4. The van der Waals surface area contributed by atoms with E-state index < -0.39 is 0 Å². The number of likely N-dealkylation sites (N-methyl/N-ethyl adjacent to an activating group) is 1. The van der Waals surface area contributed by atoms with Crippen LogP contribution in [0.3, 0.4) is 0 Å². The number of carbonyl (C=O) groups excluding carboxylic acids is 1. The number of nitrogen functional groups attached to an aromatic ring is 1. The summed E-state index contributed by atoms with van der Waals surface area (Å²) < 4.78 is 0. The molecule has 2 heterocycles. The molecule has 0 aliphatic carbocycles. The van der Waals surface area contributed by atoms with Crippen molar-refractivity contribution in [2.75, 3.05) is 54.7 Å². The van der Waals surface area contributed by atoms with E-state index in [0.29, 0.717) is 20.6 Å². The first-order valence-electron chi connectivity index (χ1n) is 9.76. The van der Waals surface area contributed by atoms with Crippen molar-refractivity contribution in [2.24, 2.45) is 0 Å². The Bertz CT molecular complexity index is 1080. The van der Waals surface area contributed by atoms with Crippen LogP contribution < -0.4 is 21.4 Å². The fourth-order valence-electron chi connectivity index (χ4n) is 3.38. The highest BCUT2D eigenvalue weighted by Gasteiger charge is 2.19. The molecular formula is C21H23ClN6O2S. The van der Waals surface area contributed by atoms with Gasteiger partial charge >= 0.3 is 0 Å². The highest BCUT2D eigenvalue weighted by Crippen LogP contribution is 2.32. The number of nitrogens with zero attached hydrogens (tertiary/aromatic N) is 3. The van der Waals surface area contributed by atoms with Crippen LogP contribution in [0.4, 0.5) is 28.0 Å². The van der Waals surface area contributed by atoms with E-state index in [1.165, 1.54) is 29.2 Å². The molecule has 0 spiro atoms. The number of halogens is 1. The van der Waals surface area contributed by atoms with Crippen molar-refractivity contribution < 1.29 is 10.0 Å². The fourth-order valence-corrected chi connectivity index (χ4v) is 4.40. The van der Waals surface area contributed by atoms with Crippen molar-refractivity contribution in [3.05, 3.63) is 57.9 Å². The van der Waals surface area contributed by atoms with Gasteiger partial charge in [0.1, 0.15) is 10.7 Å². The number of hydrogen-bond acceptors (Lipinski definition) is 9. The van der Waals surface area contributed by atoms with E-state index in [9.17, 15) is 4.79 Å². The fraction of sp³-hybridized carbons (Fsp3) is 0.238. The lowest BCUT2D eigenvalue weighted by Crippen LogP contribution is -2.44. The number of hydrogen-bond donors (Lipinski definition) is 4. The van der Waals surface area contributed by atoms with Crippen molar-refractivity contribution in [3.8, 4) is 0 Å². The van der Waals surface area contributed by atoms with Gasteiger partial charge in [0.2, 0.25) is 5.78 Å². The maximum atomic E-state index is 12.9. The molecule has 31 heavy (non-hydrogen) atoms. The Kier molecular flexibility index (Phi) is 6.28. The normalized spacial score (nSPS) is 14.5. The van der Waals surface area contributed by atoms with Crippen LogP contribution in [0, 0.1) is 0 Å². The SMILES string of the molecule is CN1CCN(c2ccc(Nc3nc(N)c(C(=O)c4ccc(Cl)c(NO)c4)s3)cc2)CC1. The molecule has 1 aliphatic rings. The molecule has 3 aromatic rings. The molecule has 0 bridgehead atoms. The third-order valence-corrected chi connectivity index (χ3v) is 6.51. The zero-order chi connectivity index (χ0) is 22.0. The Hall–Kier alpha value is -2.85. The van der Waals surface area contributed by atoms with Gasteiger partial charge < -0.3 is 20.9 Å². The number of benzene rings is 2. The maximum absolute atomic E-state index is 12.9. The van der Waals surface area contributed by atoms with Crippen LogP contribution in [0.2, 0.25) is 5.02 Å². The van der Waals surface area contributed by atoms with Gasteiger partial charge in [-0.25, -0.2) is 4.98 Å². The second-order valence-corrected chi connectivity index (χ2v) is 8.74. The molecule has 1 saturated heterocycles. The zero-order valence-electron chi connectivity index (χ0n) is 16.9. The second-order valence-electron chi connectivity index (χ2n) is 7.33. The standard InChI is InChI=1S/C21H23ClN6O2S/c1-27-8-10-28(11-9-27)15-5-3-14(4-6-15)24-21-25-20(23)19(31-21)18(29)13-2-7-16(22)17(12-13)26-30/h2-7,12,26,30H,8-11,23H2,1H3,(H,24,25). The van der Waals surface area contributed by atoms with Gasteiger partial charge in [-0.1, -0.05) is 22.9 Å². The first-order valence-corrected chi connectivity index (χ1v) is 11.0. The predicted molar refractivity (Wildman–Crippen MR) is 126 cm³/mol. The maximum Gasteiger partial charge on any atom is 0.206 e. The predicted octanol–water partition coefficient (Wildman–Crippen LogP) is 3.91. The number of aromatic nitrogens is 1. The van der Waals surface area contributed by atoms with E-state index in [-0.39, 0.29) is 17.3 Å². The van der Waals surface area contributed by atoms with E-state index in [1.807, 2.05) is 17.6 Å². The average Bonchev–Trinajstić information content (AvgIpc) is 3.14. The minimum atomic E-state index is -0.290. The summed E-state index contributed by atoms with van der Waals surface area (Å²) in [6, 6.07) is 12.7. The molecule has 10 heteroatoms. The Morgan fingerprint density at radius 1 is 1.16 bits per heavy atom. The monoisotopic (exact) mass is 458 g/mol. The van der Waals surface area contributed by atoms with E-state index in [0.717, 1.165) is 31.9 Å². The number of rotatable bonds is 6. The quantitative estimate of drug-likeness (QED) is 0.325. The van der Waals surface area contributed by atoms with Gasteiger partial charge in [-0.2, -0.15) is 0 Å². The van der Waals surface area contributed by atoms with Crippen LogP contribution in [-0.4, -0.2) is 54.1 Å². The summed E-state index contributed by atoms with van der Waals surface area (Å²) in [5.74, 6) is -0.137. The summed E-state index contributed by atoms with van der Waals surface area (Å²) in [7, 11) is 2.14. The number of thiazole rings is 1. The third-order valence-electron chi connectivity index (χ3n) is 5.20. The van der Waals surface area contributed by atoms with Gasteiger partial charge in [0.15, 0.2) is 5.13 Å². The second kappa shape index (κ2) is 9.11. The van der Waals surface area contributed by atoms with Gasteiger partial charge in [-0.3, -0.25) is 15.5 Å². The van der Waals surface area contributed by atoms with Crippen LogP contribution in [-0.2, 0) is 0 Å². The molecule has 0 atom stereocenters.